The van der Waals surface area contributed by atoms with Crippen molar-refractivity contribution in [2.24, 2.45) is 0 Å². The molecule has 1 amide bonds. The van der Waals surface area contributed by atoms with Crippen LogP contribution in [0, 0.1) is 0 Å². The van der Waals surface area contributed by atoms with Gasteiger partial charge in [0.25, 0.3) is 5.91 Å². The van der Waals surface area contributed by atoms with Crippen LogP contribution < -0.4 is 10.1 Å². The number of carboxylic acids is 1. The number of ether oxygens (including phenoxy) is 1. The predicted molar refractivity (Wildman–Crippen MR) is 95.5 cm³/mol. The van der Waals surface area contributed by atoms with E-state index in [4.69, 9.17) is 14.3 Å². The van der Waals surface area contributed by atoms with Gasteiger partial charge in [-0.2, -0.15) is 0 Å². The van der Waals surface area contributed by atoms with E-state index in [-0.39, 0.29) is 11.7 Å². The molecule has 2 N–H and O–H groups in total. The number of carboxylic acid groups (broad SMARTS) is 1. The normalized spacial score (nSPS) is 11.6. The summed E-state index contributed by atoms with van der Waals surface area (Å²) in [6.07, 6.45) is -0.561. The van der Waals surface area contributed by atoms with Crippen molar-refractivity contribution >= 4 is 17.6 Å². The maximum absolute atomic E-state index is 12.6. The zero-order chi connectivity index (χ0) is 18.5. The van der Waals surface area contributed by atoms with Crippen LogP contribution in [0.1, 0.15) is 39.7 Å². The molecule has 3 rings (SSSR count). The van der Waals surface area contributed by atoms with Gasteiger partial charge in [-0.15, -0.1) is 0 Å². The Bertz CT molecular complexity index is 917. The number of hydrogen-bond acceptors (Lipinski definition) is 4. The third kappa shape index (κ3) is 3.92. The minimum Gasteiger partial charge on any atom is -0.482 e. The molecule has 1 heterocycles. The Morgan fingerprint density at radius 3 is 2.38 bits per heavy atom. The number of benzene rings is 2. The largest absolute Gasteiger partial charge is 0.482 e. The molecule has 0 spiro atoms. The molecule has 0 bridgehead atoms. The van der Waals surface area contributed by atoms with E-state index in [9.17, 15) is 9.59 Å². The van der Waals surface area contributed by atoms with Gasteiger partial charge >= 0.3 is 5.97 Å². The average Bonchev–Trinajstić information content (AvgIpc) is 3.13. The fraction of sp³-hybridized carbons (Fsp3) is 0.100. The number of nitrogens with one attached hydrogen (secondary N) is 1. The molecule has 3 aromatic rings. The highest BCUT2D eigenvalue weighted by molar-refractivity contribution is 6.06. The molecular formula is C20H17NO5. The van der Waals surface area contributed by atoms with Crippen molar-refractivity contribution in [1.29, 1.82) is 0 Å². The first-order chi connectivity index (χ1) is 12.5. The Morgan fingerprint density at radius 1 is 1.00 bits per heavy atom. The average molecular weight is 351 g/mol. The van der Waals surface area contributed by atoms with Crippen molar-refractivity contribution in [1.82, 2.24) is 0 Å². The number of para-hydroxylation sites is 2. The van der Waals surface area contributed by atoms with E-state index in [0.29, 0.717) is 22.8 Å². The quantitative estimate of drug-likeness (QED) is 0.688. The number of rotatable bonds is 6. The molecule has 132 valence electrons. The van der Waals surface area contributed by atoms with E-state index >= 15 is 0 Å². The predicted octanol–water partition coefficient (Wildman–Crippen LogP) is 4.37. The fourth-order valence-electron chi connectivity index (χ4n) is 2.41. The van der Waals surface area contributed by atoms with Gasteiger partial charge < -0.3 is 19.6 Å². The van der Waals surface area contributed by atoms with Gasteiger partial charge in [0.05, 0.1) is 5.56 Å². The van der Waals surface area contributed by atoms with Crippen LogP contribution in [0.4, 0.5) is 5.69 Å². The van der Waals surface area contributed by atoms with Crippen molar-refractivity contribution in [3.8, 4) is 5.75 Å². The molecule has 0 aliphatic heterocycles. The highest BCUT2D eigenvalue weighted by Crippen LogP contribution is 2.27. The van der Waals surface area contributed by atoms with Gasteiger partial charge in [0.1, 0.15) is 11.5 Å². The van der Waals surface area contributed by atoms with E-state index in [1.165, 1.54) is 6.07 Å². The van der Waals surface area contributed by atoms with Crippen LogP contribution in [0.25, 0.3) is 0 Å². The smallest absolute Gasteiger partial charge is 0.371 e. The summed E-state index contributed by atoms with van der Waals surface area (Å²) in [5.41, 5.74) is 1.05. The molecule has 6 nitrogen and oxygen atoms in total. The van der Waals surface area contributed by atoms with Crippen LogP contribution in [0.15, 0.2) is 71.1 Å². The number of anilines is 1. The van der Waals surface area contributed by atoms with Gasteiger partial charge in [-0.25, -0.2) is 4.79 Å². The highest BCUT2D eigenvalue weighted by atomic mass is 16.5. The fourth-order valence-corrected chi connectivity index (χ4v) is 2.41. The van der Waals surface area contributed by atoms with Gasteiger partial charge in [-0.05, 0) is 43.3 Å². The zero-order valence-corrected chi connectivity index (χ0v) is 14.0. The second-order valence-electron chi connectivity index (χ2n) is 5.58. The lowest BCUT2D eigenvalue weighted by molar-refractivity contribution is 0.0655. The second-order valence-corrected chi connectivity index (χ2v) is 5.58. The topological polar surface area (TPSA) is 88.8 Å². The van der Waals surface area contributed by atoms with Crippen molar-refractivity contribution in [2.45, 2.75) is 13.0 Å². The SMILES string of the molecule is CC(Oc1ccccc1C(=O)Nc1ccccc1)c1ccc(C(=O)O)o1. The van der Waals surface area contributed by atoms with Crippen LogP contribution >= 0.6 is 0 Å². The van der Waals surface area contributed by atoms with Crippen LogP contribution in [0.2, 0.25) is 0 Å². The molecule has 6 heteroatoms. The molecule has 0 saturated carbocycles. The molecule has 1 unspecified atom stereocenters. The lowest BCUT2D eigenvalue weighted by Crippen LogP contribution is -2.14. The first-order valence-corrected chi connectivity index (χ1v) is 7.99. The van der Waals surface area contributed by atoms with Crippen molar-refractivity contribution in [2.75, 3.05) is 5.32 Å². The van der Waals surface area contributed by atoms with Crippen molar-refractivity contribution in [3.05, 3.63) is 83.8 Å². The van der Waals surface area contributed by atoms with Gasteiger partial charge in [0, 0.05) is 5.69 Å². The van der Waals surface area contributed by atoms with Crippen LogP contribution in [-0.4, -0.2) is 17.0 Å². The van der Waals surface area contributed by atoms with Crippen molar-refractivity contribution in [3.63, 3.8) is 0 Å². The highest BCUT2D eigenvalue weighted by Gasteiger charge is 2.19. The summed E-state index contributed by atoms with van der Waals surface area (Å²) in [4.78, 5) is 23.5. The lowest BCUT2D eigenvalue weighted by Gasteiger charge is -2.15. The monoisotopic (exact) mass is 351 g/mol. The molecule has 1 aromatic heterocycles. The third-order valence-electron chi connectivity index (χ3n) is 3.71. The maximum Gasteiger partial charge on any atom is 0.371 e. The minimum absolute atomic E-state index is 0.162. The summed E-state index contributed by atoms with van der Waals surface area (Å²) in [5.74, 6) is -0.872. The second kappa shape index (κ2) is 7.57. The minimum atomic E-state index is -1.15. The maximum atomic E-state index is 12.6. The third-order valence-corrected chi connectivity index (χ3v) is 3.71. The molecule has 26 heavy (non-hydrogen) atoms. The van der Waals surface area contributed by atoms with Crippen LogP contribution in [0.3, 0.4) is 0 Å². The molecule has 1 atom stereocenters. The molecule has 0 aliphatic rings. The molecule has 0 radical (unpaired) electrons. The van der Waals surface area contributed by atoms with E-state index < -0.39 is 12.1 Å². The standard InChI is InChI=1S/C20H17NO5/c1-13(16-11-12-18(26-16)20(23)24)25-17-10-6-5-9-15(17)19(22)21-14-7-3-2-4-8-14/h2-13H,1H3,(H,21,22)(H,23,24). The summed E-state index contributed by atoms with van der Waals surface area (Å²) in [6.45, 7) is 1.72. The number of hydrogen-bond donors (Lipinski definition) is 2. The first kappa shape index (κ1) is 17.3. The lowest BCUT2D eigenvalue weighted by atomic mass is 10.1. The molecule has 0 fully saturated rings. The van der Waals surface area contributed by atoms with E-state index in [1.54, 1.807) is 49.4 Å². The molecular weight excluding hydrogens is 334 g/mol. The Labute approximate surface area is 150 Å². The summed E-state index contributed by atoms with van der Waals surface area (Å²) in [7, 11) is 0. The van der Waals surface area contributed by atoms with Crippen molar-refractivity contribution < 1.29 is 23.8 Å². The molecule has 2 aromatic carbocycles. The van der Waals surface area contributed by atoms with E-state index in [0.717, 1.165) is 0 Å². The van der Waals surface area contributed by atoms with Crippen LogP contribution in [0.5, 0.6) is 5.75 Å². The summed E-state index contributed by atoms with van der Waals surface area (Å²) in [6, 6.07) is 18.9. The number of furan rings is 1. The Balaban J connectivity index is 1.78. The van der Waals surface area contributed by atoms with Gasteiger partial charge in [-0.1, -0.05) is 30.3 Å². The van der Waals surface area contributed by atoms with Gasteiger partial charge in [0.2, 0.25) is 5.76 Å². The van der Waals surface area contributed by atoms with E-state index in [1.807, 2.05) is 18.2 Å². The number of aromatic carboxylic acids is 1. The Kier molecular flexibility index (Phi) is 5.03. The van der Waals surface area contributed by atoms with Gasteiger partial charge in [0.15, 0.2) is 6.10 Å². The van der Waals surface area contributed by atoms with E-state index in [2.05, 4.69) is 5.32 Å². The summed E-state index contributed by atoms with van der Waals surface area (Å²) >= 11 is 0. The number of amides is 1. The Morgan fingerprint density at radius 2 is 1.69 bits per heavy atom. The molecule has 0 aliphatic carbocycles. The summed E-state index contributed by atoms with van der Waals surface area (Å²) in [5, 5.41) is 11.7. The van der Waals surface area contributed by atoms with Gasteiger partial charge in [-0.3, -0.25) is 4.79 Å². The number of carbonyl (C=O) groups excluding carboxylic acids is 1. The zero-order valence-electron chi connectivity index (χ0n) is 14.0. The summed E-state index contributed by atoms with van der Waals surface area (Å²) < 4.78 is 11.1. The first-order valence-electron chi connectivity index (χ1n) is 7.99. The number of carbonyl (C=O) groups is 2. The molecule has 0 saturated heterocycles. The van der Waals surface area contributed by atoms with Crippen LogP contribution in [-0.2, 0) is 0 Å². The Hall–Kier alpha value is -3.54.